The molecule has 0 bridgehead atoms. The van der Waals surface area contributed by atoms with Crippen LogP contribution >= 0.6 is 0 Å². The standard InChI is InChI=1S/C13H20N2O2/c1-9(14)7-12-13(4-3-10(2)15-12)17-11-5-6-16-8-11/h3-4,9,11H,5-8,14H2,1-2H3. The van der Waals surface area contributed by atoms with Crippen molar-refractivity contribution in [1.82, 2.24) is 4.98 Å². The number of nitrogens with two attached hydrogens (primary N) is 1. The van der Waals surface area contributed by atoms with E-state index in [1.807, 2.05) is 26.0 Å². The van der Waals surface area contributed by atoms with Gasteiger partial charge in [-0.3, -0.25) is 4.98 Å². The molecule has 4 heteroatoms. The van der Waals surface area contributed by atoms with Crippen LogP contribution in [0, 0.1) is 6.92 Å². The van der Waals surface area contributed by atoms with Crippen molar-refractivity contribution in [2.45, 2.75) is 38.8 Å². The molecule has 1 aromatic heterocycles. The molecule has 2 N–H and O–H groups in total. The van der Waals surface area contributed by atoms with Crippen molar-refractivity contribution >= 4 is 0 Å². The summed E-state index contributed by atoms with van der Waals surface area (Å²) in [4.78, 5) is 4.51. The van der Waals surface area contributed by atoms with E-state index in [0.29, 0.717) is 6.61 Å². The van der Waals surface area contributed by atoms with Gasteiger partial charge in [-0.15, -0.1) is 0 Å². The Morgan fingerprint density at radius 1 is 1.59 bits per heavy atom. The lowest BCUT2D eigenvalue weighted by atomic mass is 10.1. The van der Waals surface area contributed by atoms with Crippen molar-refractivity contribution < 1.29 is 9.47 Å². The van der Waals surface area contributed by atoms with E-state index in [1.54, 1.807) is 0 Å². The minimum absolute atomic E-state index is 0.0893. The average molecular weight is 236 g/mol. The SMILES string of the molecule is Cc1ccc(OC2CCOC2)c(CC(C)N)n1. The highest BCUT2D eigenvalue weighted by Gasteiger charge is 2.19. The predicted molar refractivity (Wildman–Crippen MR) is 66.2 cm³/mol. The van der Waals surface area contributed by atoms with Gasteiger partial charge in [0.25, 0.3) is 0 Å². The fourth-order valence-corrected chi connectivity index (χ4v) is 1.94. The summed E-state index contributed by atoms with van der Waals surface area (Å²) >= 11 is 0. The highest BCUT2D eigenvalue weighted by molar-refractivity contribution is 5.30. The molecule has 2 heterocycles. The maximum atomic E-state index is 5.92. The summed E-state index contributed by atoms with van der Waals surface area (Å²) < 4.78 is 11.2. The molecule has 1 aliphatic rings. The van der Waals surface area contributed by atoms with E-state index >= 15 is 0 Å². The van der Waals surface area contributed by atoms with Gasteiger partial charge in [0.05, 0.1) is 18.9 Å². The predicted octanol–water partition coefficient (Wildman–Crippen LogP) is 1.45. The molecule has 17 heavy (non-hydrogen) atoms. The number of pyridine rings is 1. The first kappa shape index (κ1) is 12.3. The number of rotatable bonds is 4. The van der Waals surface area contributed by atoms with Gasteiger partial charge in [0, 0.05) is 24.6 Å². The Labute approximate surface area is 102 Å². The topological polar surface area (TPSA) is 57.4 Å². The summed E-state index contributed by atoms with van der Waals surface area (Å²) in [5.74, 6) is 0.850. The number of hydrogen-bond acceptors (Lipinski definition) is 4. The van der Waals surface area contributed by atoms with E-state index < -0.39 is 0 Å². The zero-order valence-electron chi connectivity index (χ0n) is 10.5. The van der Waals surface area contributed by atoms with E-state index in [1.165, 1.54) is 0 Å². The number of aromatic nitrogens is 1. The molecule has 0 aliphatic carbocycles. The van der Waals surface area contributed by atoms with E-state index in [4.69, 9.17) is 15.2 Å². The molecule has 0 saturated carbocycles. The van der Waals surface area contributed by atoms with Crippen LogP contribution in [0.15, 0.2) is 12.1 Å². The van der Waals surface area contributed by atoms with Gasteiger partial charge >= 0.3 is 0 Å². The second-order valence-electron chi connectivity index (χ2n) is 4.68. The third-order valence-electron chi connectivity index (χ3n) is 2.77. The molecule has 1 aliphatic heterocycles. The lowest BCUT2D eigenvalue weighted by Crippen LogP contribution is -2.21. The van der Waals surface area contributed by atoms with E-state index in [0.717, 1.165) is 36.6 Å². The average Bonchev–Trinajstić information content (AvgIpc) is 2.74. The maximum Gasteiger partial charge on any atom is 0.141 e. The van der Waals surface area contributed by atoms with Crippen molar-refractivity contribution in [2.75, 3.05) is 13.2 Å². The van der Waals surface area contributed by atoms with Gasteiger partial charge in [0.1, 0.15) is 11.9 Å². The van der Waals surface area contributed by atoms with Gasteiger partial charge in [0.15, 0.2) is 0 Å². The second kappa shape index (κ2) is 5.47. The molecule has 2 atom stereocenters. The van der Waals surface area contributed by atoms with Crippen LogP contribution in [0.2, 0.25) is 0 Å². The van der Waals surface area contributed by atoms with Crippen LogP contribution in [0.4, 0.5) is 0 Å². The Morgan fingerprint density at radius 3 is 3.06 bits per heavy atom. The van der Waals surface area contributed by atoms with Crippen LogP contribution in [0.25, 0.3) is 0 Å². The van der Waals surface area contributed by atoms with Crippen LogP contribution in [0.1, 0.15) is 24.7 Å². The Bertz CT molecular complexity index is 374. The molecule has 1 fully saturated rings. The molecule has 0 amide bonds. The number of hydrogen-bond donors (Lipinski definition) is 1. The van der Waals surface area contributed by atoms with Gasteiger partial charge in [0.2, 0.25) is 0 Å². The van der Waals surface area contributed by atoms with Gasteiger partial charge < -0.3 is 15.2 Å². The second-order valence-corrected chi connectivity index (χ2v) is 4.68. The smallest absolute Gasteiger partial charge is 0.141 e. The summed E-state index contributed by atoms with van der Waals surface area (Å²) in [6.45, 7) is 5.41. The van der Waals surface area contributed by atoms with Crippen LogP contribution < -0.4 is 10.5 Å². The monoisotopic (exact) mass is 236 g/mol. The first-order valence-electron chi connectivity index (χ1n) is 6.11. The first-order valence-corrected chi connectivity index (χ1v) is 6.11. The van der Waals surface area contributed by atoms with Gasteiger partial charge in [-0.2, -0.15) is 0 Å². The fraction of sp³-hybridized carbons (Fsp3) is 0.615. The fourth-order valence-electron chi connectivity index (χ4n) is 1.94. The van der Waals surface area contributed by atoms with Gasteiger partial charge in [-0.05, 0) is 26.0 Å². The molecule has 4 nitrogen and oxygen atoms in total. The Balaban J connectivity index is 2.13. The third-order valence-corrected chi connectivity index (χ3v) is 2.77. The molecule has 2 rings (SSSR count). The molecular weight excluding hydrogens is 216 g/mol. The Kier molecular flexibility index (Phi) is 3.97. The zero-order chi connectivity index (χ0) is 12.3. The van der Waals surface area contributed by atoms with Crippen LogP contribution in [-0.4, -0.2) is 30.3 Å². The third kappa shape index (κ3) is 3.41. The lowest BCUT2D eigenvalue weighted by Gasteiger charge is -2.16. The minimum Gasteiger partial charge on any atom is -0.486 e. The summed E-state index contributed by atoms with van der Waals surface area (Å²) in [6.07, 6.45) is 1.85. The van der Waals surface area contributed by atoms with Crippen molar-refractivity contribution in [3.8, 4) is 5.75 Å². The Morgan fingerprint density at radius 2 is 2.41 bits per heavy atom. The van der Waals surface area contributed by atoms with E-state index in [2.05, 4.69) is 4.98 Å². The number of ether oxygens (including phenoxy) is 2. The molecule has 2 unspecified atom stereocenters. The number of aryl methyl sites for hydroxylation is 1. The van der Waals surface area contributed by atoms with Crippen molar-refractivity contribution in [1.29, 1.82) is 0 Å². The zero-order valence-corrected chi connectivity index (χ0v) is 10.5. The molecule has 1 aromatic rings. The minimum atomic E-state index is 0.0893. The molecule has 0 radical (unpaired) electrons. The van der Waals surface area contributed by atoms with Crippen molar-refractivity contribution in [3.05, 3.63) is 23.5 Å². The van der Waals surface area contributed by atoms with Crippen LogP contribution in [-0.2, 0) is 11.2 Å². The largest absolute Gasteiger partial charge is 0.486 e. The maximum absolute atomic E-state index is 5.92. The highest BCUT2D eigenvalue weighted by atomic mass is 16.5. The summed E-state index contributed by atoms with van der Waals surface area (Å²) in [5, 5.41) is 0. The first-order chi connectivity index (χ1) is 8.15. The normalized spacial score (nSPS) is 21.5. The van der Waals surface area contributed by atoms with Crippen molar-refractivity contribution in [2.24, 2.45) is 5.73 Å². The van der Waals surface area contributed by atoms with Crippen molar-refractivity contribution in [3.63, 3.8) is 0 Å². The molecular formula is C13H20N2O2. The molecule has 0 aromatic carbocycles. The summed E-state index contributed by atoms with van der Waals surface area (Å²) in [5.41, 5.74) is 7.78. The number of nitrogens with zero attached hydrogens (tertiary/aromatic N) is 1. The quantitative estimate of drug-likeness (QED) is 0.859. The van der Waals surface area contributed by atoms with Gasteiger partial charge in [-0.25, -0.2) is 0 Å². The molecule has 94 valence electrons. The van der Waals surface area contributed by atoms with Crippen LogP contribution in [0.5, 0.6) is 5.75 Å². The molecule has 1 saturated heterocycles. The summed E-state index contributed by atoms with van der Waals surface area (Å²) in [6, 6.07) is 4.04. The molecule has 0 spiro atoms. The van der Waals surface area contributed by atoms with Crippen LogP contribution in [0.3, 0.4) is 0 Å². The summed E-state index contributed by atoms with van der Waals surface area (Å²) in [7, 11) is 0. The van der Waals surface area contributed by atoms with E-state index in [9.17, 15) is 0 Å². The Hall–Kier alpha value is -1.13. The highest BCUT2D eigenvalue weighted by Crippen LogP contribution is 2.22. The lowest BCUT2D eigenvalue weighted by molar-refractivity contribution is 0.140. The van der Waals surface area contributed by atoms with Gasteiger partial charge in [-0.1, -0.05) is 0 Å². The van der Waals surface area contributed by atoms with E-state index in [-0.39, 0.29) is 12.1 Å².